The zero-order valence-electron chi connectivity index (χ0n) is 19.9. The van der Waals surface area contributed by atoms with Gasteiger partial charge >= 0.3 is 0 Å². The molecule has 5 rings (SSSR count). The fraction of sp³-hybridized carbons (Fsp3) is 0.308. The number of nitrogens with one attached hydrogen (secondary N) is 1. The van der Waals surface area contributed by atoms with Gasteiger partial charge in [0.15, 0.2) is 0 Å². The van der Waals surface area contributed by atoms with Crippen molar-refractivity contribution in [3.63, 3.8) is 0 Å². The maximum atomic E-state index is 6.61. The number of ether oxygens (including phenoxy) is 2. The molecule has 1 N–H and O–H groups in total. The van der Waals surface area contributed by atoms with Crippen molar-refractivity contribution in [2.24, 2.45) is 0 Å². The SMILES string of the molecule is COc1cc(OC)c(Cl)c(-c2ccc3cc(Nc4cnn(C5CCN(C)CC5)c4)ncc3c2)c1Cl. The summed E-state index contributed by atoms with van der Waals surface area (Å²) in [4.78, 5) is 6.97. The summed E-state index contributed by atoms with van der Waals surface area (Å²) in [6, 6.07) is 10.2. The molecule has 0 amide bonds. The van der Waals surface area contributed by atoms with Gasteiger partial charge in [0.25, 0.3) is 0 Å². The van der Waals surface area contributed by atoms with Crippen LogP contribution in [0.15, 0.2) is 48.9 Å². The quantitative estimate of drug-likeness (QED) is 0.321. The maximum Gasteiger partial charge on any atom is 0.141 e. The van der Waals surface area contributed by atoms with Crippen LogP contribution in [-0.2, 0) is 0 Å². The highest BCUT2D eigenvalue weighted by molar-refractivity contribution is 6.41. The normalized spacial score (nSPS) is 14.9. The third-order valence-corrected chi connectivity index (χ3v) is 7.27. The van der Waals surface area contributed by atoms with Crippen LogP contribution >= 0.6 is 23.2 Å². The van der Waals surface area contributed by atoms with Crippen LogP contribution < -0.4 is 14.8 Å². The zero-order valence-corrected chi connectivity index (χ0v) is 21.4. The molecule has 2 aromatic carbocycles. The Morgan fingerprint density at radius 1 is 0.943 bits per heavy atom. The first-order chi connectivity index (χ1) is 17.0. The van der Waals surface area contributed by atoms with Crippen LogP contribution in [0.5, 0.6) is 11.5 Å². The van der Waals surface area contributed by atoms with Crippen LogP contribution in [0.2, 0.25) is 10.0 Å². The number of benzene rings is 2. The van der Waals surface area contributed by atoms with Crippen LogP contribution in [0.25, 0.3) is 21.9 Å². The lowest BCUT2D eigenvalue weighted by molar-refractivity contribution is 0.212. The number of halogens is 2. The van der Waals surface area contributed by atoms with Crippen molar-refractivity contribution in [1.82, 2.24) is 19.7 Å². The summed E-state index contributed by atoms with van der Waals surface area (Å²) in [6.45, 7) is 2.20. The molecule has 1 saturated heterocycles. The smallest absolute Gasteiger partial charge is 0.141 e. The minimum Gasteiger partial charge on any atom is -0.495 e. The second-order valence-electron chi connectivity index (χ2n) is 8.78. The van der Waals surface area contributed by atoms with E-state index >= 15 is 0 Å². The summed E-state index contributed by atoms with van der Waals surface area (Å²) >= 11 is 13.2. The molecule has 0 atom stereocenters. The van der Waals surface area contributed by atoms with Crippen molar-refractivity contribution >= 4 is 45.5 Å². The van der Waals surface area contributed by atoms with E-state index < -0.39 is 0 Å². The highest BCUT2D eigenvalue weighted by Crippen LogP contribution is 2.46. The average molecular weight is 512 g/mol. The van der Waals surface area contributed by atoms with E-state index in [9.17, 15) is 0 Å². The second-order valence-corrected chi connectivity index (χ2v) is 9.54. The lowest BCUT2D eigenvalue weighted by Gasteiger charge is -2.28. The van der Waals surface area contributed by atoms with Crippen LogP contribution in [0.4, 0.5) is 11.5 Å². The van der Waals surface area contributed by atoms with Crippen LogP contribution in [0, 0.1) is 0 Å². The predicted octanol–water partition coefficient (Wildman–Crippen LogP) is 6.43. The zero-order chi connectivity index (χ0) is 24.5. The van der Waals surface area contributed by atoms with Gasteiger partial charge in [-0.1, -0.05) is 35.3 Å². The van der Waals surface area contributed by atoms with E-state index in [-0.39, 0.29) is 0 Å². The van der Waals surface area contributed by atoms with Gasteiger partial charge in [0.2, 0.25) is 0 Å². The molecule has 3 heterocycles. The summed E-state index contributed by atoms with van der Waals surface area (Å²) in [7, 11) is 5.29. The largest absolute Gasteiger partial charge is 0.495 e. The molecule has 0 unspecified atom stereocenters. The van der Waals surface area contributed by atoms with E-state index in [0.29, 0.717) is 33.1 Å². The number of methoxy groups -OCH3 is 2. The van der Waals surface area contributed by atoms with Crippen molar-refractivity contribution in [2.75, 3.05) is 39.7 Å². The van der Waals surface area contributed by atoms with Gasteiger partial charge in [0, 0.05) is 29.4 Å². The molecular formula is C26H27Cl2N5O2. The van der Waals surface area contributed by atoms with Gasteiger partial charge in [0.05, 0.1) is 42.2 Å². The van der Waals surface area contributed by atoms with Gasteiger partial charge in [-0.15, -0.1) is 0 Å². The first kappa shape index (κ1) is 23.7. The number of pyridine rings is 1. The number of piperidine rings is 1. The highest BCUT2D eigenvalue weighted by Gasteiger charge is 2.20. The van der Waals surface area contributed by atoms with E-state index in [0.717, 1.165) is 53.8 Å². The Bertz CT molecular complexity index is 1340. The molecule has 2 aromatic heterocycles. The molecule has 0 saturated carbocycles. The molecule has 0 radical (unpaired) electrons. The third-order valence-electron chi connectivity index (χ3n) is 6.52. The third kappa shape index (κ3) is 4.76. The number of likely N-dealkylation sites (tertiary alicyclic amines) is 1. The molecule has 9 heteroatoms. The molecule has 182 valence electrons. The van der Waals surface area contributed by atoms with Crippen molar-refractivity contribution in [3.8, 4) is 22.6 Å². The predicted molar refractivity (Wildman–Crippen MR) is 142 cm³/mol. The molecule has 1 fully saturated rings. The Hall–Kier alpha value is -3.00. The Balaban J connectivity index is 1.40. The first-order valence-electron chi connectivity index (χ1n) is 11.5. The summed E-state index contributed by atoms with van der Waals surface area (Å²) in [6.07, 6.45) is 7.98. The highest BCUT2D eigenvalue weighted by atomic mass is 35.5. The summed E-state index contributed by atoms with van der Waals surface area (Å²) < 4.78 is 12.9. The molecule has 7 nitrogen and oxygen atoms in total. The number of fused-ring (bicyclic) bond motifs is 1. The summed E-state index contributed by atoms with van der Waals surface area (Å²) in [5.41, 5.74) is 2.44. The molecule has 0 bridgehead atoms. The monoisotopic (exact) mass is 511 g/mol. The van der Waals surface area contributed by atoms with Crippen LogP contribution in [0.3, 0.4) is 0 Å². The van der Waals surface area contributed by atoms with Crippen molar-refractivity contribution < 1.29 is 9.47 Å². The van der Waals surface area contributed by atoms with Crippen molar-refractivity contribution in [2.45, 2.75) is 18.9 Å². The number of rotatable bonds is 6. The minimum atomic E-state index is 0.436. The molecule has 4 aromatic rings. The Morgan fingerprint density at radius 3 is 2.34 bits per heavy atom. The van der Waals surface area contributed by atoms with E-state index in [1.807, 2.05) is 36.7 Å². The summed E-state index contributed by atoms with van der Waals surface area (Å²) in [5, 5.41) is 10.8. The van der Waals surface area contributed by atoms with E-state index in [1.165, 1.54) is 0 Å². The lowest BCUT2D eigenvalue weighted by Crippen LogP contribution is -2.31. The lowest BCUT2D eigenvalue weighted by atomic mass is 10.0. The molecular weight excluding hydrogens is 485 g/mol. The van der Waals surface area contributed by atoms with Gasteiger partial charge in [-0.05, 0) is 56.1 Å². The van der Waals surface area contributed by atoms with Crippen molar-refractivity contribution in [3.05, 3.63) is 59.0 Å². The second kappa shape index (κ2) is 9.93. The minimum absolute atomic E-state index is 0.436. The fourth-order valence-corrected chi connectivity index (χ4v) is 5.23. The van der Waals surface area contributed by atoms with Gasteiger partial charge in [-0.25, -0.2) is 4.98 Å². The average Bonchev–Trinajstić information content (AvgIpc) is 3.33. The Kier molecular flexibility index (Phi) is 6.73. The maximum absolute atomic E-state index is 6.61. The molecule has 35 heavy (non-hydrogen) atoms. The topological polar surface area (TPSA) is 64.4 Å². The number of aromatic nitrogens is 3. The number of anilines is 2. The molecule has 0 aliphatic carbocycles. The number of nitrogens with zero attached hydrogens (tertiary/aromatic N) is 4. The number of hydrogen-bond acceptors (Lipinski definition) is 6. The van der Waals surface area contributed by atoms with Crippen molar-refractivity contribution in [1.29, 1.82) is 0 Å². The first-order valence-corrected chi connectivity index (χ1v) is 12.2. The fourth-order valence-electron chi connectivity index (χ4n) is 4.51. The Morgan fingerprint density at radius 2 is 1.66 bits per heavy atom. The van der Waals surface area contributed by atoms with Gasteiger partial charge in [0.1, 0.15) is 17.3 Å². The molecule has 1 aliphatic rings. The molecule has 0 spiro atoms. The number of hydrogen-bond donors (Lipinski definition) is 1. The standard InChI is InChI=1S/C26H27Cl2N5O2/c1-32-8-6-20(7-9-32)33-15-19(14-30-33)31-23-11-16-4-5-17(10-18(16)13-29-23)24-25(27)21(34-2)12-22(35-3)26(24)28/h4-5,10-15,20H,6-9H2,1-3H3,(H,29,31). The van der Waals surface area contributed by atoms with E-state index in [4.69, 9.17) is 32.7 Å². The van der Waals surface area contributed by atoms with E-state index in [2.05, 4.69) is 38.2 Å². The van der Waals surface area contributed by atoms with E-state index in [1.54, 1.807) is 20.3 Å². The summed E-state index contributed by atoms with van der Waals surface area (Å²) in [5.74, 6) is 1.76. The van der Waals surface area contributed by atoms with Crippen LogP contribution in [0.1, 0.15) is 18.9 Å². The van der Waals surface area contributed by atoms with Gasteiger partial charge in [-0.2, -0.15) is 5.10 Å². The van der Waals surface area contributed by atoms with Crippen LogP contribution in [-0.4, -0.2) is 54.0 Å². The molecule has 1 aliphatic heterocycles. The van der Waals surface area contributed by atoms with Gasteiger partial charge in [-0.3, -0.25) is 4.68 Å². The van der Waals surface area contributed by atoms with Gasteiger partial charge < -0.3 is 19.7 Å². The Labute approximate surface area is 214 Å².